The Hall–Kier alpha value is -4.20. The van der Waals surface area contributed by atoms with Gasteiger partial charge in [0, 0.05) is 12.0 Å². The summed E-state index contributed by atoms with van der Waals surface area (Å²) >= 11 is 0. The van der Waals surface area contributed by atoms with Gasteiger partial charge in [0.1, 0.15) is 5.76 Å². The molecule has 0 fully saturated rings. The zero-order valence-electron chi connectivity index (χ0n) is 19.3. The molecule has 0 atom stereocenters. The van der Waals surface area contributed by atoms with Crippen molar-refractivity contribution in [1.82, 2.24) is 0 Å². The van der Waals surface area contributed by atoms with Gasteiger partial charge in [-0.2, -0.15) is 0 Å². The number of aliphatic hydroxyl groups excluding tert-OH is 1. The molecule has 0 radical (unpaired) electrons. The third-order valence-electron chi connectivity index (χ3n) is 4.76. The van der Waals surface area contributed by atoms with E-state index in [9.17, 15) is 24.9 Å². The van der Waals surface area contributed by atoms with Crippen molar-refractivity contribution >= 4 is 23.9 Å². The second-order valence-electron chi connectivity index (χ2n) is 7.06. The first-order chi connectivity index (χ1) is 16.3. The maximum atomic E-state index is 12.9. The fraction of sp³-hybridized carbons (Fsp3) is 0.231. The lowest BCUT2D eigenvalue weighted by atomic mass is 10.0. The van der Waals surface area contributed by atoms with Gasteiger partial charge in [-0.3, -0.25) is 9.59 Å². The van der Waals surface area contributed by atoms with Gasteiger partial charge >= 0.3 is 5.97 Å². The summed E-state index contributed by atoms with van der Waals surface area (Å²) in [4.78, 5) is 24.7. The number of rotatable bonds is 11. The summed E-state index contributed by atoms with van der Waals surface area (Å²) in [6.45, 7) is 1.89. The van der Waals surface area contributed by atoms with Gasteiger partial charge in [0.15, 0.2) is 28.8 Å². The van der Waals surface area contributed by atoms with Gasteiger partial charge in [-0.1, -0.05) is 24.3 Å². The molecule has 0 aliphatic heterocycles. The first-order valence-corrected chi connectivity index (χ1v) is 10.5. The highest BCUT2D eigenvalue weighted by Gasteiger charge is 2.15. The standard InChI is InChI=1S/C26H28O8/c1-4-34-26(31)14-9-19(20(27)10-5-17-7-12-22(29)24(15-17)32-2)21(28)11-6-18-8-13-23(30)25(16-18)33-3/h5-8,10-13,15-16,27,29-30H,4,9,14H2,1-3H3. The monoisotopic (exact) mass is 468 g/mol. The number of phenols is 2. The van der Waals surface area contributed by atoms with Gasteiger partial charge in [0.2, 0.25) is 0 Å². The average Bonchev–Trinajstić information content (AvgIpc) is 2.83. The summed E-state index contributed by atoms with van der Waals surface area (Å²) < 4.78 is 15.0. The molecule has 0 aromatic heterocycles. The largest absolute Gasteiger partial charge is 0.508 e. The summed E-state index contributed by atoms with van der Waals surface area (Å²) in [5.74, 6) is -0.842. The van der Waals surface area contributed by atoms with Crippen molar-refractivity contribution in [1.29, 1.82) is 0 Å². The molecule has 2 aromatic rings. The summed E-state index contributed by atoms with van der Waals surface area (Å²) in [5.41, 5.74) is 1.24. The molecule has 0 saturated heterocycles. The molecule has 8 nitrogen and oxygen atoms in total. The van der Waals surface area contributed by atoms with Crippen molar-refractivity contribution in [3.8, 4) is 23.0 Å². The van der Waals surface area contributed by atoms with Crippen LogP contribution in [0.1, 0.15) is 30.9 Å². The summed E-state index contributed by atoms with van der Waals surface area (Å²) in [7, 11) is 2.83. The minimum absolute atomic E-state index is 0.0250. The van der Waals surface area contributed by atoms with E-state index in [1.54, 1.807) is 37.3 Å². The van der Waals surface area contributed by atoms with Crippen molar-refractivity contribution in [2.45, 2.75) is 19.8 Å². The van der Waals surface area contributed by atoms with Crippen molar-refractivity contribution in [3.05, 3.63) is 71.0 Å². The van der Waals surface area contributed by atoms with Crippen LogP contribution in [-0.2, 0) is 14.3 Å². The lowest BCUT2D eigenvalue weighted by Crippen LogP contribution is -2.08. The topological polar surface area (TPSA) is 123 Å². The zero-order chi connectivity index (χ0) is 25.1. The molecule has 0 unspecified atom stereocenters. The van der Waals surface area contributed by atoms with Gasteiger partial charge < -0.3 is 29.5 Å². The number of aliphatic hydroxyl groups is 1. The number of ether oxygens (including phenoxy) is 3. The van der Waals surface area contributed by atoms with Crippen LogP contribution in [0.3, 0.4) is 0 Å². The molecule has 0 heterocycles. The highest BCUT2D eigenvalue weighted by atomic mass is 16.5. The van der Waals surface area contributed by atoms with Crippen LogP contribution in [0.5, 0.6) is 23.0 Å². The Morgan fingerprint density at radius 1 is 0.853 bits per heavy atom. The third-order valence-corrected chi connectivity index (χ3v) is 4.76. The van der Waals surface area contributed by atoms with Crippen LogP contribution in [0, 0.1) is 0 Å². The predicted octanol–water partition coefficient (Wildman–Crippen LogP) is 4.57. The van der Waals surface area contributed by atoms with Gasteiger partial charge in [0.05, 0.1) is 20.8 Å². The van der Waals surface area contributed by atoms with E-state index in [1.807, 2.05) is 0 Å². The summed E-state index contributed by atoms with van der Waals surface area (Å²) in [5, 5.41) is 30.1. The fourth-order valence-electron chi connectivity index (χ4n) is 2.98. The molecule has 0 bridgehead atoms. The third kappa shape index (κ3) is 7.44. The molecule has 0 saturated carbocycles. The highest BCUT2D eigenvalue weighted by Crippen LogP contribution is 2.28. The van der Waals surface area contributed by atoms with Crippen LogP contribution < -0.4 is 9.47 Å². The van der Waals surface area contributed by atoms with Crippen molar-refractivity contribution in [2.75, 3.05) is 20.8 Å². The average molecular weight is 469 g/mol. The lowest BCUT2D eigenvalue weighted by Gasteiger charge is -2.07. The molecule has 0 aliphatic rings. The van der Waals surface area contributed by atoms with E-state index in [0.717, 1.165) is 0 Å². The number of phenolic OH excluding ortho intramolecular Hbond substituents is 2. The normalized spacial score (nSPS) is 12.0. The van der Waals surface area contributed by atoms with Crippen LogP contribution in [0.2, 0.25) is 0 Å². The maximum Gasteiger partial charge on any atom is 0.306 e. The van der Waals surface area contributed by atoms with Crippen molar-refractivity contribution < 1.29 is 39.1 Å². The molecule has 180 valence electrons. The zero-order valence-corrected chi connectivity index (χ0v) is 19.3. The van der Waals surface area contributed by atoms with Crippen LogP contribution in [0.4, 0.5) is 0 Å². The maximum absolute atomic E-state index is 12.9. The molecule has 0 spiro atoms. The SMILES string of the molecule is CCOC(=O)CCC(C(=O)C=Cc1ccc(O)c(OC)c1)=C(O)C=Cc1ccc(O)c(OC)c1. The Morgan fingerprint density at radius 2 is 1.38 bits per heavy atom. The summed E-state index contributed by atoms with van der Waals surface area (Å²) in [6.07, 6.45) is 5.54. The van der Waals surface area contributed by atoms with E-state index in [2.05, 4.69) is 0 Å². The molecular formula is C26H28O8. The van der Waals surface area contributed by atoms with E-state index in [0.29, 0.717) is 11.1 Å². The van der Waals surface area contributed by atoms with E-state index in [1.165, 1.54) is 44.6 Å². The van der Waals surface area contributed by atoms with E-state index in [4.69, 9.17) is 14.2 Å². The second-order valence-corrected chi connectivity index (χ2v) is 7.06. The second kappa shape index (κ2) is 12.7. The molecule has 0 amide bonds. The Bertz CT molecular complexity index is 1110. The number of esters is 1. The van der Waals surface area contributed by atoms with Gasteiger partial charge in [-0.15, -0.1) is 0 Å². The van der Waals surface area contributed by atoms with E-state index in [-0.39, 0.29) is 53.8 Å². The lowest BCUT2D eigenvalue weighted by molar-refractivity contribution is -0.143. The molecule has 3 N–H and O–H groups in total. The molecule has 8 heteroatoms. The number of allylic oxidation sites excluding steroid dienone is 3. The fourth-order valence-corrected chi connectivity index (χ4v) is 2.98. The minimum Gasteiger partial charge on any atom is -0.508 e. The first-order valence-electron chi connectivity index (χ1n) is 10.5. The Morgan fingerprint density at radius 3 is 1.88 bits per heavy atom. The molecule has 2 rings (SSSR count). The molecular weight excluding hydrogens is 440 g/mol. The number of carbonyl (C=O) groups is 2. The molecule has 34 heavy (non-hydrogen) atoms. The predicted molar refractivity (Wildman–Crippen MR) is 128 cm³/mol. The quantitative estimate of drug-likeness (QED) is 0.190. The highest BCUT2D eigenvalue weighted by molar-refractivity contribution is 6.07. The smallest absolute Gasteiger partial charge is 0.306 e. The Balaban J connectivity index is 2.32. The van der Waals surface area contributed by atoms with E-state index < -0.39 is 11.8 Å². The Kier molecular flexibility index (Phi) is 9.76. The Labute approximate surface area is 198 Å². The van der Waals surface area contributed by atoms with Crippen LogP contribution in [0.15, 0.2) is 59.9 Å². The number of aromatic hydroxyl groups is 2. The number of hydrogen-bond acceptors (Lipinski definition) is 8. The number of benzene rings is 2. The van der Waals surface area contributed by atoms with Gasteiger partial charge in [0.25, 0.3) is 0 Å². The minimum atomic E-state index is -0.498. The van der Waals surface area contributed by atoms with E-state index >= 15 is 0 Å². The summed E-state index contributed by atoms with van der Waals surface area (Å²) in [6, 6.07) is 9.21. The first kappa shape index (κ1) is 26.1. The van der Waals surface area contributed by atoms with Crippen LogP contribution >= 0.6 is 0 Å². The number of hydrogen-bond donors (Lipinski definition) is 3. The number of methoxy groups -OCH3 is 2. The number of carbonyl (C=O) groups excluding carboxylic acids is 2. The van der Waals surface area contributed by atoms with Crippen molar-refractivity contribution in [3.63, 3.8) is 0 Å². The molecule has 0 aliphatic carbocycles. The van der Waals surface area contributed by atoms with Crippen LogP contribution in [0.25, 0.3) is 12.2 Å². The molecule has 2 aromatic carbocycles. The number of ketones is 1. The van der Waals surface area contributed by atoms with Crippen LogP contribution in [-0.4, -0.2) is 47.9 Å². The van der Waals surface area contributed by atoms with Crippen molar-refractivity contribution in [2.24, 2.45) is 0 Å². The van der Waals surface area contributed by atoms with Gasteiger partial charge in [-0.05, 0) is 60.9 Å². The van der Waals surface area contributed by atoms with Gasteiger partial charge in [-0.25, -0.2) is 0 Å².